The van der Waals surface area contributed by atoms with Crippen LogP contribution in [0.5, 0.6) is 0 Å². The van der Waals surface area contributed by atoms with Gasteiger partial charge in [-0.15, -0.1) is 11.3 Å². The summed E-state index contributed by atoms with van der Waals surface area (Å²) in [6.45, 7) is 9.24. The van der Waals surface area contributed by atoms with Crippen molar-refractivity contribution in [2.24, 2.45) is 11.7 Å². The first kappa shape index (κ1) is 15.9. The van der Waals surface area contributed by atoms with Gasteiger partial charge in [-0.2, -0.15) is 0 Å². The minimum atomic E-state index is -0.253. The van der Waals surface area contributed by atoms with Gasteiger partial charge in [0.2, 0.25) is 0 Å². The van der Waals surface area contributed by atoms with Gasteiger partial charge in [0, 0.05) is 44.1 Å². The Kier molecular flexibility index (Phi) is 5.55. The largest absolute Gasteiger partial charge is 0.381 e. The van der Waals surface area contributed by atoms with Crippen LogP contribution in [-0.4, -0.2) is 24.8 Å². The molecule has 2 rings (SSSR count). The van der Waals surface area contributed by atoms with Crippen molar-refractivity contribution in [3.63, 3.8) is 0 Å². The van der Waals surface area contributed by atoms with Gasteiger partial charge in [-0.05, 0) is 19.3 Å². The first-order chi connectivity index (χ1) is 9.61. The minimum Gasteiger partial charge on any atom is -0.381 e. The SMILES string of the molecule is CCOC1(c2nc(CC(C)C)c(CN)s2)CCOCC1. The zero-order chi connectivity index (χ0) is 14.6. The normalized spacial score (nSPS) is 18.6. The summed E-state index contributed by atoms with van der Waals surface area (Å²) >= 11 is 1.73. The van der Waals surface area contributed by atoms with E-state index in [1.165, 1.54) is 4.88 Å². The van der Waals surface area contributed by atoms with Crippen molar-refractivity contribution < 1.29 is 9.47 Å². The fourth-order valence-electron chi connectivity index (χ4n) is 2.68. The third kappa shape index (κ3) is 3.39. The lowest BCUT2D eigenvalue weighted by Crippen LogP contribution is -2.36. The number of thiazole rings is 1. The number of nitrogens with zero attached hydrogens (tertiary/aromatic N) is 1. The lowest BCUT2D eigenvalue weighted by atomic mass is 9.94. The Morgan fingerprint density at radius 1 is 1.40 bits per heavy atom. The third-order valence-corrected chi connectivity index (χ3v) is 4.98. The highest BCUT2D eigenvalue weighted by Gasteiger charge is 2.38. The van der Waals surface area contributed by atoms with E-state index in [1.807, 2.05) is 6.92 Å². The second kappa shape index (κ2) is 6.98. The molecular weight excluding hydrogens is 272 g/mol. The van der Waals surface area contributed by atoms with Crippen LogP contribution in [0, 0.1) is 5.92 Å². The molecule has 2 heterocycles. The van der Waals surface area contributed by atoms with E-state index >= 15 is 0 Å². The quantitative estimate of drug-likeness (QED) is 0.877. The van der Waals surface area contributed by atoms with E-state index in [2.05, 4.69) is 13.8 Å². The van der Waals surface area contributed by atoms with Gasteiger partial charge in [-0.3, -0.25) is 0 Å². The van der Waals surface area contributed by atoms with Crippen molar-refractivity contribution in [2.75, 3.05) is 19.8 Å². The zero-order valence-corrected chi connectivity index (χ0v) is 13.6. The molecule has 1 aliphatic rings. The average molecular weight is 298 g/mol. The van der Waals surface area contributed by atoms with Gasteiger partial charge < -0.3 is 15.2 Å². The molecule has 1 aromatic heterocycles. The van der Waals surface area contributed by atoms with Gasteiger partial charge in [0.25, 0.3) is 0 Å². The Morgan fingerprint density at radius 2 is 2.10 bits per heavy atom. The van der Waals surface area contributed by atoms with Crippen LogP contribution in [-0.2, 0) is 28.0 Å². The Morgan fingerprint density at radius 3 is 2.65 bits per heavy atom. The molecule has 0 radical (unpaired) electrons. The summed E-state index contributed by atoms with van der Waals surface area (Å²) in [7, 11) is 0. The van der Waals surface area contributed by atoms with Crippen LogP contribution in [0.25, 0.3) is 0 Å². The highest BCUT2D eigenvalue weighted by Crippen LogP contribution is 2.39. The fraction of sp³-hybridized carbons (Fsp3) is 0.800. The van der Waals surface area contributed by atoms with Crippen LogP contribution in [0.4, 0.5) is 0 Å². The van der Waals surface area contributed by atoms with E-state index in [4.69, 9.17) is 20.2 Å². The van der Waals surface area contributed by atoms with Crippen molar-refractivity contribution in [3.05, 3.63) is 15.6 Å². The van der Waals surface area contributed by atoms with Crippen molar-refractivity contribution in [2.45, 2.75) is 52.2 Å². The van der Waals surface area contributed by atoms with Gasteiger partial charge in [0.05, 0.1) is 5.69 Å². The van der Waals surface area contributed by atoms with Crippen LogP contribution < -0.4 is 5.73 Å². The molecule has 1 aliphatic heterocycles. The second-order valence-electron chi connectivity index (χ2n) is 5.73. The summed E-state index contributed by atoms with van der Waals surface area (Å²) in [5, 5.41) is 1.10. The van der Waals surface area contributed by atoms with E-state index in [-0.39, 0.29) is 5.60 Å². The van der Waals surface area contributed by atoms with Crippen LogP contribution in [0.15, 0.2) is 0 Å². The predicted molar refractivity (Wildman–Crippen MR) is 81.9 cm³/mol. The van der Waals surface area contributed by atoms with Gasteiger partial charge in [0.1, 0.15) is 10.6 Å². The van der Waals surface area contributed by atoms with E-state index in [0.29, 0.717) is 19.1 Å². The maximum Gasteiger partial charge on any atom is 0.125 e. The van der Waals surface area contributed by atoms with E-state index < -0.39 is 0 Å². The number of hydrogen-bond donors (Lipinski definition) is 1. The Bertz CT molecular complexity index is 420. The molecule has 0 bridgehead atoms. The first-order valence-electron chi connectivity index (χ1n) is 7.52. The molecule has 1 aromatic rings. The highest BCUT2D eigenvalue weighted by atomic mass is 32.1. The summed E-state index contributed by atoms with van der Waals surface area (Å²) in [5.41, 5.74) is 6.80. The average Bonchev–Trinajstić information content (AvgIpc) is 2.83. The van der Waals surface area contributed by atoms with Crippen molar-refractivity contribution >= 4 is 11.3 Å². The van der Waals surface area contributed by atoms with Gasteiger partial charge in [-0.1, -0.05) is 13.8 Å². The standard InChI is InChI=1S/C15H26N2O2S/c1-4-19-15(5-7-18-8-6-15)14-17-12(9-11(2)3)13(10-16)20-14/h11H,4-10,16H2,1-3H3. The monoisotopic (exact) mass is 298 g/mol. The smallest absolute Gasteiger partial charge is 0.125 e. The number of nitrogens with two attached hydrogens (primary N) is 1. The molecular formula is C15H26N2O2S. The third-order valence-electron chi connectivity index (χ3n) is 3.68. The fourth-order valence-corrected chi connectivity index (χ4v) is 3.85. The topological polar surface area (TPSA) is 57.4 Å². The Balaban J connectivity index is 2.30. The summed E-state index contributed by atoms with van der Waals surface area (Å²) < 4.78 is 11.6. The summed E-state index contributed by atoms with van der Waals surface area (Å²) in [6, 6.07) is 0. The van der Waals surface area contributed by atoms with Crippen LogP contribution in [0.3, 0.4) is 0 Å². The molecule has 0 spiro atoms. The number of ether oxygens (including phenoxy) is 2. The number of aromatic nitrogens is 1. The lowest BCUT2D eigenvalue weighted by molar-refractivity contribution is -0.112. The lowest BCUT2D eigenvalue weighted by Gasteiger charge is -2.35. The summed E-state index contributed by atoms with van der Waals surface area (Å²) in [4.78, 5) is 6.10. The molecule has 1 saturated heterocycles. The molecule has 4 nitrogen and oxygen atoms in total. The maximum atomic E-state index is 6.10. The minimum absolute atomic E-state index is 0.253. The van der Waals surface area contributed by atoms with Crippen LogP contribution in [0.1, 0.15) is 49.2 Å². The van der Waals surface area contributed by atoms with Crippen molar-refractivity contribution in [3.8, 4) is 0 Å². The number of rotatable bonds is 6. The van der Waals surface area contributed by atoms with Crippen LogP contribution in [0.2, 0.25) is 0 Å². The highest BCUT2D eigenvalue weighted by molar-refractivity contribution is 7.11. The molecule has 114 valence electrons. The van der Waals surface area contributed by atoms with Gasteiger partial charge in [-0.25, -0.2) is 4.98 Å². The van der Waals surface area contributed by atoms with E-state index in [0.717, 1.165) is 43.2 Å². The van der Waals surface area contributed by atoms with Gasteiger partial charge >= 0.3 is 0 Å². The van der Waals surface area contributed by atoms with Gasteiger partial charge in [0.15, 0.2) is 0 Å². The Labute approximate surface area is 125 Å². The molecule has 0 saturated carbocycles. The summed E-state index contributed by atoms with van der Waals surface area (Å²) in [5.74, 6) is 0.591. The summed E-state index contributed by atoms with van der Waals surface area (Å²) in [6.07, 6.45) is 2.76. The molecule has 2 N–H and O–H groups in total. The van der Waals surface area contributed by atoms with E-state index in [1.54, 1.807) is 11.3 Å². The predicted octanol–water partition coefficient (Wildman–Crippen LogP) is 2.84. The molecule has 0 aliphatic carbocycles. The Hall–Kier alpha value is -0.490. The maximum absolute atomic E-state index is 6.10. The molecule has 0 atom stereocenters. The molecule has 0 aromatic carbocycles. The molecule has 0 unspecified atom stereocenters. The zero-order valence-electron chi connectivity index (χ0n) is 12.8. The van der Waals surface area contributed by atoms with Crippen molar-refractivity contribution in [1.29, 1.82) is 0 Å². The molecule has 5 heteroatoms. The van der Waals surface area contributed by atoms with Crippen LogP contribution >= 0.6 is 11.3 Å². The van der Waals surface area contributed by atoms with Crippen molar-refractivity contribution in [1.82, 2.24) is 4.98 Å². The molecule has 1 fully saturated rings. The molecule has 20 heavy (non-hydrogen) atoms. The second-order valence-corrected chi connectivity index (χ2v) is 6.81. The first-order valence-corrected chi connectivity index (χ1v) is 8.33. The molecule has 0 amide bonds. The number of hydrogen-bond acceptors (Lipinski definition) is 5. The van der Waals surface area contributed by atoms with E-state index in [9.17, 15) is 0 Å².